The minimum atomic E-state index is 0.306. The van der Waals surface area contributed by atoms with Crippen LogP contribution >= 0.6 is 11.6 Å². The van der Waals surface area contributed by atoms with Crippen LogP contribution in [0.25, 0.3) is 0 Å². The molecule has 0 spiro atoms. The number of hydrogen-bond acceptors (Lipinski definition) is 2. The Kier molecular flexibility index (Phi) is 6.75. The molecule has 2 aromatic rings. The lowest BCUT2D eigenvalue weighted by molar-refractivity contribution is 0.146. The molecule has 3 heteroatoms. The van der Waals surface area contributed by atoms with E-state index in [0.717, 1.165) is 18.8 Å². The molecule has 118 valence electrons. The van der Waals surface area contributed by atoms with Gasteiger partial charge in [0.1, 0.15) is 12.4 Å². The molecular formula is C19H24ClNO. The minimum absolute atomic E-state index is 0.306. The molecule has 0 aliphatic heterocycles. The van der Waals surface area contributed by atoms with Crippen LogP contribution in [0, 0.1) is 6.92 Å². The van der Waals surface area contributed by atoms with Crippen molar-refractivity contribution in [2.75, 3.05) is 19.0 Å². The number of rotatable bonds is 8. The van der Waals surface area contributed by atoms with E-state index in [1.54, 1.807) is 0 Å². The smallest absolute Gasteiger partial charge is 0.119 e. The summed E-state index contributed by atoms with van der Waals surface area (Å²) < 4.78 is 5.90. The molecule has 22 heavy (non-hydrogen) atoms. The van der Waals surface area contributed by atoms with Crippen LogP contribution in [0.2, 0.25) is 0 Å². The third-order valence-corrected chi connectivity index (χ3v) is 3.90. The van der Waals surface area contributed by atoms with E-state index < -0.39 is 0 Å². The van der Waals surface area contributed by atoms with Crippen LogP contribution in [0.5, 0.6) is 5.75 Å². The first-order valence-corrected chi connectivity index (χ1v) is 8.26. The van der Waals surface area contributed by atoms with Crippen LogP contribution in [-0.2, 0) is 6.54 Å². The van der Waals surface area contributed by atoms with Crippen molar-refractivity contribution in [2.45, 2.75) is 26.4 Å². The molecule has 0 aliphatic carbocycles. The van der Waals surface area contributed by atoms with Gasteiger partial charge in [-0.2, -0.15) is 0 Å². The average molecular weight is 318 g/mol. The van der Waals surface area contributed by atoms with Gasteiger partial charge in [-0.05, 0) is 31.5 Å². The Hall–Kier alpha value is -1.51. The minimum Gasteiger partial charge on any atom is -0.492 e. The van der Waals surface area contributed by atoms with Crippen molar-refractivity contribution in [3.8, 4) is 5.75 Å². The Balaban J connectivity index is 1.91. The molecule has 0 saturated carbocycles. The van der Waals surface area contributed by atoms with E-state index in [4.69, 9.17) is 16.3 Å². The summed E-state index contributed by atoms with van der Waals surface area (Å²) in [7, 11) is 0. The molecule has 0 bridgehead atoms. The van der Waals surface area contributed by atoms with Crippen molar-refractivity contribution in [2.24, 2.45) is 0 Å². The second-order valence-corrected chi connectivity index (χ2v) is 6.00. The van der Waals surface area contributed by atoms with E-state index in [1.165, 1.54) is 11.1 Å². The zero-order valence-corrected chi connectivity index (χ0v) is 14.1. The van der Waals surface area contributed by atoms with E-state index in [9.17, 15) is 0 Å². The third kappa shape index (κ3) is 5.36. The number of nitrogens with zero attached hydrogens (tertiary/aromatic N) is 1. The molecule has 0 unspecified atom stereocenters. The zero-order chi connectivity index (χ0) is 15.8. The van der Waals surface area contributed by atoms with Gasteiger partial charge in [0.2, 0.25) is 0 Å². The fourth-order valence-electron chi connectivity index (χ4n) is 2.34. The highest BCUT2D eigenvalue weighted by atomic mass is 35.5. The van der Waals surface area contributed by atoms with E-state index in [2.05, 4.69) is 55.1 Å². The maximum atomic E-state index is 5.96. The summed E-state index contributed by atoms with van der Waals surface area (Å²) in [5.41, 5.74) is 2.54. The molecule has 0 aromatic heterocycles. The first-order valence-electron chi connectivity index (χ1n) is 7.72. The molecule has 0 aliphatic rings. The SMILES string of the molecule is Cc1ccc(OC[C@H](C)N(CCCl)Cc2ccccc2)cc1. The van der Waals surface area contributed by atoms with Crippen molar-refractivity contribution in [3.63, 3.8) is 0 Å². The molecule has 2 nitrogen and oxygen atoms in total. The van der Waals surface area contributed by atoms with E-state index >= 15 is 0 Å². The van der Waals surface area contributed by atoms with Gasteiger partial charge < -0.3 is 4.74 Å². The van der Waals surface area contributed by atoms with Gasteiger partial charge in [0.05, 0.1) is 0 Å². The lowest BCUT2D eigenvalue weighted by Gasteiger charge is -2.28. The van der Waals surface area contributed by atoms with E-state index in [0.29, 0.717) is 18.5 Å². The first kappa shape index (κ1) is 16.9. The maximum absolute atomic E-state index is 5.96. The first-order chi connectivity index (χ1) is 10.7. The molecule has 1 atom stereocenters. The molecule has 2 aromatic carbocycles. The molecule has 0 heterocycles. The monoisotopic (exact) mass is 317 g/mol. The van der Waals surface area contributed by atoms with E-state index in [-0.39, 0.29) is 0 Å². The Labute approximate surface area is 138 Å². The Bertz CT molecular complexity index is 541. The van der Waals surface area contributed by atoms with Gasteiger partial charge in [-0.25, -0.2) is 0 Å². The summed E-state index contributed by atoms with van der Waals surface area (Å²) in [6.45, 7) is 6.67. The average Bonchev–Trinajstić information content (AvgIpc) is 2.54. The predicted molar refractivity (Wildman–Crippen MR) is 93.7 cm³/mol. The zero-order valence-electron chi connectivity index (χ0n) is 13.3. The lowest BCUT2D eigenvalue weighted by atomic mass is 10.2. The Morgan fingerprint density at radius 2 is 1.73 bits per heavy atom. The molecule has 0 amide bonds. The number of alkyl halides is 1. The highest BCUT2D eigenvalue weighted by molar-refractivity contribution is 6.18. The van der Waals surface area contributed by atoms with Crippen molar-refractivity contribution in [1.82, 2.24) is 4.90 Å². The van der Waals surface area contributed by atoms with Gasteiger partial charge in [0.25, 0.3) is 0 Å². The van der Waals surface area contributed by atoms with Gasteiger partial charge in [-0.3, -0.25) is 4.90 Å². The van der Waals surface area contributed by atoms with Crippen molar-refractivity contribution < 1.29 is 4.74 Å². The highest BCUT2D eigenvalue weighted by Crippen LogP contribution is 2.14. The van der Waals surface area contributed by atoms with Gasteiger partial charge in [0, 0.05) is 25.0 Å². The van der Waals surface area contributed by atoms with Crippen molar-refractivity contribution in [3.05, 3.63) is 65.7 Å². The molecule has 0 radical (unpaired) electrons. The number of aryl methyl sites for hydroxylation is 1. The second kappa shape index (κ2) is 8.82. The van der Waals surface area contributed by atoms with Crippen molar-refractivity contribution in [1.29, 1.82) is 0 Å². The molecule has 0 saturated heterocycles. The van der Waals surface area contributed by atoms with Gasteiger partial charge >= 0.3 is 0 Å². The van der Waals surface area contributed by atoms with Gasteiger partial charge in [-0.15, -0.1) is 11.6 Å². The summed E-state index contributed by atoms with van der Waals surface area (Å²) in [5, 5.41) is 0. The molecule has 2 rings (SSSR count). The number of benzene rings is 2. The third-order valence-electron chi connectivity index (χ3n) is 3.74. The van der Waals surface area contributed by atoms with Gasteiger partial charge in [0.15, 0.2) is 0 Å². The normalized spacial score (nSPS) is 12.4. The lowest BCUT2D eigenvalue weighted by Crippen LogP contribution is -2.38. The van der Waals surface area contributed by atoms with Crippen LogP contribution in [0.1, 0.15) is 18.1 Å². The molecule has 0 fully saturated rings. The number of hydrogen-bond donors (Lipinski definition) is 0. The van der Waals surface area contributed by atoms with Crippen LogP contribution in [0.4, 0.5) is 0 Å². The quantitative estimate of drug-likeness (QED) is 0.664. The summed E-state index contributed by atoms with van der Waals surface area (Å²) in [6, 6.07) is 19.0. The standard InChI is InChI=1S/C19H24ClNO/c1-16-8-10-19(11-9-16)22-15-17(2)21(13-12-20)14-18-6-4-3-5-7-18/h3-11,17H,12-15H2,1-2H3/t17-/m0/s1. The Morgan fingerprint density at radius 3 is 2.36 bits per heavy atom. The van der Waals surface area contributed by atoms with E-state index in [1.807, 2.05) is 18.2 Å². The van der Waals surface area contributed by atoms with Crippen LogP contribution in [-0.4, -0.2) is 30.0 Å². The fraction of sp³-hybridized carbons (Fsp3) is 0.368. The van der Waals surface area contributed by atoms with Crippen LogP contribution < -0.4 is 4.74 Å². The summed E-state index contributed by atoms with van der Waals surface area (Å²) in [5.74, 6) is 1.55. The topological polar surface area (TPSA) is 12.5 Å². The fourth-order valence-corrected chi connectivity index (χ4v) is 2.56. The maximum Gasteiger partial charge on any atom is 0.119 e. The summed E-state index contributed by atoms with van der Waals surface area (Å²) >= 11 is 5.96. The Morgan fingerprint density at radius 1 is 1.05 bits per heavy atom. The van der Waals surface area contributed by atoms with Crippen molar-refractivity contribution >= 4 is 11.6 Å². The number of ether oxygens (including phenoxy) is 1. The van der Waals surface area contributed by atoms with Crippen LogP contribution in [0.3, 0.4) is 0 Å². The largest absolute Gasteiger partial charge is 0.492 e. The number of halogens is 1. The predicted octanol–water partition coefficient (Wildman–Crippen LogP) is 4.50. The molecular weight excluding hydrogens is 294 g/mol. The van der Waals surface area contributed by atoms with Crippen LogP contribution in [0.15, 0.2) is 54.6 Å². The van der Waals surface area contributed by atoms with Gasteiger partial charge in [-0.1, -0.05) is 48.0 Å². The second-order valence-electron chi connectivity index (χ2n) is 5.62. The molecule has 0 N–H and O–H groups in total. The summed E-state index contributed by atoms with van der Waals surface area (Å²) in [4.78, 5) is 2.36. The summed E-state index contributed by atoms with van der Waals surface area (Å²) in [6.07, 6.45) is 0. The highest BCUT2D eigenvalue weighted by Gasteiger charge is 2.14.